The molecule has 0 radical (unpaired) electrons. The summed E-state index contributed by atoms with van der Waals surface area (Å²) >= 11 is 0. The van der Waals surface area contributed by atoms with Crippen molar-refractivity contribution in [1.82, 2.24) is 0 Å². The minimum Gasteiger partial charge on any atom is -0.373 e. The third-order valence-electron chi connectivity index (χ3n) is 6.21. The lowest BCUT2D eigenvalue weighted by molar-refractivity contribution is -0.0242. The lowest BCUT2D eigenvalue weighted by Gasteiger charge is -2.34. The number of rotatable bonds is 7. The molecule has 0 spiro atoms. The number of ether oxygens (including phenoxy) is 2. The van der Waals surface area contributed by atoms with Crippen LogP contribution in [0, 0.1) is 17.3 Å². The van der Waals surface area contributed by atoms with E-state index in [4.69, 9.17) is 9.47 Å². The summed E-state index contributed by atoms with van der Waals surface area (Å²) in [6, 6.07) is 0. The molecule has 0 aliphatic heterocycles. The Hall–Kier alpha value is -0.740. The summed E-state index contributed by atoms with van der Waals surface area (Å²) in [5, 5.41) is 0. The first kappa shape index (κ1) is 20.6. The zero-order valence-electron chi connectivity index (χ0n) is 16.0. The molecule has 0 N–H and O–H groups in total. The molecule has 0 heterocycles. The van der Waals surface area contributed by atoms with Crippen LogP contribution in [0.5, 0.6) is 0 Å². The monoisotopic (exact) mass is 356 g/mol. The highest BCUT2D eigenvalue weighted by molar-refractivity contribution is 5.18. The Labute approximate surface area is 151 Å². The molecule has 3 atom stereocenters. The standard InChI is InChI=1S/C21H34F2O2/c1-5-13-24-18-12-11-17(19(22)20(23)21(18,4)6-2)25-14-16-9-7-15(3)8-10-16/h5,15-18H,1,6-14H2,2-4H3. The van der Waals surface area contributed by atoms with Gasteiger partial charge in [0.25, 0.3) is 0 Å². The van der Waals surface area contributed by atoms with Gasteiger partial charge in [0.15, 0.2) is 5.83 Å². The van der Waals surface area contributed by atoms with Crippen molar-refractivity contribution in [2.24, 2.45) is 17.3 Å². The molecule has 2 aliphatic carbocycles. The Morgan fingerprint density at radius 2 is 1.80 bits per heavy atom. The highest BCUT2D eigenvalue weighted by Gasteiger charge is 2.44. The van der Waals surface area contributed by atoms with Crippen LogP contribution in [-0.4, -0.2) is 25.4 Å². The topological polar surface area (TPSA) is 18.5 Å². The maximum atomic E-state index is 14.9. The zero-order chi connectivity index (χ0) is 18.4. The molecule has 25 heavy (non-hydrogen) atoms. The molecule has 0 aromatic heterocycles. The molecule has 1 fully saturated rings. The van der Waals surface area contributed by atoms with Crippen LogP contribution in [-0.2, 0) is 9.47 Å². The third kappa shape index (κ3) is 4.91. The normalized spacial score (nSPS) is 37.0. The van der Waals surface area contributed by atoms with Crippen molar-refractivity contribution in [2.45, 2.75) is 77.9 Å². The molecule has 0 amide bonds. The van der Waals surface area contributed by atoms with Crippen molar-refractivity contribution in [3.8, 4) is 0 Å². The molecule has 0 saturated heterocycles. The van der Waals surface area contributed by atoms with Gasteiger partial charge in [0.05, 0.1) is 19.3 Å². The van der Waals surface area contributed by atoms with E-state index in [1.54, 1.807) is 13.0 Å². The maximum absolute atomic E-state index is 14.9. The van der Waals surface area contributed by atoms with Crippen molar-refractivity contribution in [3.05, 3.63) is 24.3 Å². The largest absolute Gasteiger partial charge is 0.373 e. The lowest BCUT2D eigenvalue weighted by Crippen LogP contribution is -2.34. The molecule has 0 bridgehead atoms. The molecule has 1 saturated carbocycles. The second-order valence-electron chi connectivity index (χ2n) is 8.07. The first-order valence-electron chi connectivity index (χ1n) is 9.82. The first-order chi connectivity index (χ1) is 11.9. The second kappa shape index (κ2) is 9.27. The van der Waals surface area contributed by atoms with Gasteiger partial charge in [-0.25, -0.2) is 8.78 Å². The number of hydrogen-bond acceptors (Lipinski definition) is 2. The van der Waals surface area contributed by atoms with Crippen LogP contribution in [0.2, 0.25) is 0 Å². The van der Waals surface area contributed by atoms with E-state index in [0.717, 1.165) is 18.8 Å². The van der Waals surface area contributed by atoms with E-state index in [-0.39, 0.29) is 6.10 Å². The summed E-state index contributed by atoms with van der Waals surface area (Å²) < 4.78 is 41.4. The summed E-state index contributed by atoms with van der Waals surface area (Å²) in [5.74, 6) is -0.168. The fourth-order valence-corrected chi connectivity index (χ4v) is 4.04. The predicted molar refractivity (Wildman–Crippen MR) is 97.7 cm³/mol. The molecule has 2 rings (SSSR count). The van der Waals surface area contributed by atoms with Crippen molar-refractivity contribution in [2.75, 3.05) is 13.2 Å². The van der Waals surface area contributed by atoms with E-state index in [0.29, 0.717) is 38.4 Å². The molecule has 144 valence electrons. The molecule has 4 heteroatoms. The van der Waals surface area contributed by atoms with Crippen molar-refractivity contribution in [3.63, 3.8) is 0 Å². The van der Waals surface area contributed by atoms with Gasteiger partial charge in [0.1, 0.15) is 11.9 Å². The van der Waals surface area contributed by atoms with Crippen LogP contribution in [0.15, 0.2) is 24.3 Å². The molecule has 0 aromatic rings. The molecular formula is C21H34F2O2. The van der Waals surface area contributed by atoms with E-state index in [1.165, 1.54) is 12.8 Å². The Bertz CT molecular complexity index is 469. The van der Waals surface area contributed by atoms with Gasteiger partial charge in [-0.2, -0.15) is 0 Å². The molecular weight excluding hydrogens is 322 g/mol. The van der Waals surface area contributed by atoms with E-state index in [1.807, 2.05) is 6.92 Å². The summed E-state index contributed by atoms with van der Waals surface area (Å²) in [6.45, 7) is 10.4. The third-order valence-corrected chi connectivity index (χ3v) is 6.21. The SMILES string of the molecule is C=CCOC1CCC(OCC2CCC(C)CC2)C(F)=C(F)C1(C)CC. The van der Waals surface area contributed by atoms with Gasteiger partial charge in [-0.15, -0.1) is 6.58 Å². The smallest absolute Gasteiger partial charge is 0.161 e. The van der Waals surface area contributed by atoms with Gasteiger partial charge >= 0.3 is 0 Å². The Balaban J connectivity index is 2.04. The van der Waals surface area contributed by atoms with Gasteiger partial charge in [0, 0.05) is 5.41 Å². The van der Waals surface area contributed by atoms with E-state index in [9.17, 15) is 8.78 Å². The Morgan fingerprint density at radius 3 is 2.40 bits per heavy atom. The quantitative estimate of drug-likeness (QED) is 0.511. The van der Waals surface area contributed by atoms with Gasteiger partial charge in [-0.05, 0) is 43.9 Å². The Morgan fingerprint density at radius 1 is 1.12 bits per heavy atom. The zero-order valence-corrected chi connectivity index (χ0v) is 16.0. The average molecular weight is 356 g/mol. The fraction of sp³-hybridized carbons (Fsp3) is 0.810. The lowest BCUT2D eigenvalue weighted by atomic mass is 9.79. The first-order valence-corrected chi connectivity index (χ1v) is 9.82. The number of halogens is 2. The van der Waals surface area contributed by atoms with Crippen LogP contribution >= 0.6 is 0 Å². The fourth-order valence-electron chi connectivity index (χ4n) is 4.04. The molecule has 3 unspecified atom stereocenters. The minimum absolute atomic E-state index is 0.348. The van der Waals surface area contributed by atoms with Crippen LogP contribution < -0.4 is 0 Å². The van der Waals surface area contributed by atoms with Crippen LogP contribution in [0.1, 0.15) is 65.7 Å². The summed E-state index contributed by atoms with van der Waals surface area (Å²) in [7, 11) is 0. The predicted octanol–water partition coefficient (Wildman–Crippen LogP) is 6.13. The van der Waals surface area contributed by atoms with E-state index >= 15 is 0 Å². The number of hydrogen-bond donors (Lipinski definition) is 0. The van der Waals surface area contributed by atoms with Crippen molar-refractivity contribution < 1.29 is 18.3 Å². The highest BCUT2D eigenvalue weighted by Crippen LogP contribution is 2.45. The van der Waals surface area contributed by atoms with Gasteiger partial charge in [0.2, 0.25) is 0 Å². The molecule has 2 aliphatic rings. The summed E-state index contributed by atoms with van der Waals surface area (Å²) in [5.41, 5.74) is -0.939. The van der Waals surface area contributed by atoms with Crippen molar-refractivity contribution in [1.29, 1.82) is 0 Å². The minimum atomic E-state index is -0.939. The summed E-state index contributed by atoms with van der Waals surface area (Å²) in [6.07, 6.45) is 6.71. The van der Waals surface area contributed by atoms with Crippen LogP contribution in [0.25, 0.3) is 0 Å². The van der Waals surface area contributed by atoms with Gasteiger partial charge in [-0.3, -0.25) is 0 Å². The Kier molecular flexibility index (Phi) is 7.63. The van der Waals surface area contributed by atoms with Crippen LogP contribution in [0.3, 0.4) is 0 Å². The molecule has 2 nitrogen and oxygen atoms in total. The van der Waals surface area contributed by atoms with Gasteiger partial charge in [-0.1, -0.05) is 39.7 Å². The average Bonchev–Trinajstić information content (AvgIpc) is 2.71. The van der Waals surface area contributed by atoms with E-state index < -0.39 is 23.2 Å². The van der Waals surface area contributed by atoms with E-state index in [2.05, 4.69) is 13.5 Å². The second-order valence-corrected chi connectivity index (χ2v) is 8.07. The van der Waals surface area contributed by atoms with Gasteiger partial charge < -0.3 is 9.47 Å². The van der Waals surface area contributed by atoms with Crippen molar-refractivity contribution >= 4 is 0 Å². The molecule has 0 aromatic carbocycles. The highest BCUT2D eigenvalue weighted by atomic mass is 19.2. The van der Waals surface area contributed by atoms with Crippen LogP contribution in [0.4, 0.5) is 8.78 Å². The summed E-state index contributed by atoms with van der Waals surface area (Å²) in [4.78, 5) is 0. The maximum Gasteiger partial charge on any atom is 0.161 e.